The van der Waals surface area contributed by atoms with Gasteiger partial charge in [-0.05, 0) is 19.8 Å². The van der Waals surface area contributed by atoms with Crippen molar-refractivity contribution < 1.29 is 9.47 Å². The molecule has 2 N–H and O–H groups in total. The smallest absolute Gasteiger partial charge is 0.115 e. The fourth-order valence-electron chi connectivity index (χ4n) is 2.19. The normalized spacial score (nSPS) is 45.7. The fourth-order valence-corrected chi connectivity index (χ4v) is 2.19. The van der Waals surface area contributed by atoms with E-state index in [1.54, 1.807) is 7.11 Å². The van der Waals surface area contributed by atoms with Crippen molar-refractivity contribution >= 4 is 0 Å². The van der Waals surface area contributed by atoms with Crippen LogP contribution in [0.2, 0.25) is 0 Å². The second-order valence-corrected chi connectivity index (χ2v) is 3.81. The predicted molar refractivity (Wildman–Crippen MR) is 49.0 cm³/mol. The average Bonchev–Trinajstić information content (AvgIpc) is 2.16. The second kappa shape index (κ2) is 3.92. The van der Waals surface area contributed by atoms with Gasteiger partial charge in [-0.15, -0.1) is 0 Å². The largest absolute Gasteiger partial charge is 0.366 e. The molecule has 0 aromatic rings. The van der Waals surface area contributed by atoms with Crippen LogP contribution in [-0.2, 0) is 9.47 Å². The molecule has 2 rings (SSSR count). The molecule has 0 amide bonds. The van der Waals surface area contributed by atoms with Gasteiger partial charge in [-0.3, -0.25) is 10.6 Å². The monoisotopic (exact) mass is 186 g/mol. The molecule has 2 saturated heterocycles. The van der Waals surface area contributed by atoms with E-state index in [9.17, 15) is 0 Å². The van der Waals surface area contributed by atoms with Crippen molar-refractivity contribution in [3.05, 3.63) is 0 Å². The predicted octanol–water partition coefficient (Wildman–Crippen LogP) is 0.250. The highest BCUT2D eigenvalue weighted by molar-refractivity contribution is 4.85. The van der Waals surface area contributed by atoms with Crippen LogP contribution < -0.4 is 10.6 Å². The lowest BCUT2D eigenvalue weighted by atomic mass is 9.94. The van der Waals surface area contributed by atoms with Crippen LogP contribution in [0.15, 0.2) is 0 Å². The summed E-state index contributed by atoms with van der Waals surface area (Å²) in [5.74, 6) is 0.454. The van der Waals surface area contributed by atoms with Crippen LogP contribution in [0.3, 0.4) is 0 Å². The van der Waals surface area contributed by atoms with Gasteiger partial charge in [0.2, 0.25) is 0 Å². The van der Waals surface area contributed by atoms with Gasteiger partial charge < -0.3 is 9.47 Å². The van der Waals surface area contributed by atoms with E-state index in [0.717, 1.165) is 13.0 Å². The molecule has 4 nitrogen and oxygen atoms in total. The topological polar surface area (TPSA) is 42.5 Å². The molecule has 2 aliphatic heterocycles. The Balaban J connectivity index is 2.02. The number of nitrogens with one attached hydrogen (secondary N) is 2. The Morgan fingerprint density at radius 1 is 1.38 bits per heavy atom. The third-order valence-corrected chi connectivity index (χ3v) is 2.84. The zero-order valence-electron chi connectivity index (χ0n) is 8.25. The van der Waals surface area contributed by atoms with Crippen LogP contribution in [0.4, 0.5) is 0 Å². The first-order chi connectivity index (χ1) is 6.31. The second-order valence-electron chi connectivity index (χ2n) is 3.81. The van der Waals surface area contributed by atoms with Crippen molar-refractivity contribution in [2.24, 2.45) is 5.92 Å². The quantitative estimate of drug-likeness (QED) is 0.616. The Morgan fingerprint density at radius 2 is 2.23 bits per heavy atom. The molecular formula is C9H18N2O2. The van der Waals surface area contributed by atoms with Crippen molar-refractivity contribution in [1.82, 2.24) is 10.6 Å². The molecule has 0 saturated carbocycles. The van der Waals surface area contributed by atoms with Crippen molar-refractivity contribution in [2.45, 2.75) is 38.4 Å². The number of hydrogen-bond acceptors (Lipinski definition) is 4. The van der Waals surface area contributed by atoms with E-state index in [-0.39, 0.29) is 18.6 Å². The molecule has 2 aliphatic rings. The van der Waals surface area contributed by atoms with E-state index in [2.05, 4.69) is 17.6 Å². The molecule has 4 atom stereocenters. The average molecular weight is 186 g/mol. The van der Waals surface area contributed by atoms with E-state index in [1.807, 2.05) is 0 Å². The molecule has 2 heterocycles. The maximum atomic E-state index is 5.65. The van der Waals surface area contributed by atoms with Crippen molar-refractivity contribution in [3.8, 4) is 0 Å². The molecular weight excluding hydrogens is 168 g/mol. The zero-order valence-corrected chi connectivity index (χ0v) is 8.25. The Labute approximate surface area is 79.0 Å². The molecule has 4 unspecified atom stereocenters. The van der Waals surface area contributed by atoms with E-state index >= 15 is 0 Å². The summed E-state index contributed by atoms with van der Waals surface area (Å²) >= 11 is 0. The Bertz CT molecular complexity index is 169. The first kappa shape index (κ1) is 9.40. The SMILES string of the molecule is COC1NC(C)NC2OCCCC12. The van der Waals surface area contributed by atoms with Crippen LogP contribution in [0.25, 0.3) is 0 Å². The van der Waals surface area contributed by atoms with Gasteiger partial charge in [-0.1, -0.05) is 0 Å². The van der Waals surface area contributed by atoms with Gasteiger partial charge in [-0.2, -0.15) is 0 Å². The first-order valence-corrected chi connectivity index (χ1v) is 4.98. The van der Waals surface area contributed by atoms with E-state index in [4.69, 9.17) is 9.47 Å². The number of fused-ring (bicyclic) bond motifs is 1. The number of methoxy groups -OCH3 is 1. The zero-order chi connectivity index (χ0) is 9.26. The number of hydrogen-bond donors (Lipinski definition) is 2. The van der Waals surface area contributed by atoms with Gasteiger partial charge in [0.25, 0.3) is 0 Å². The summed E-state index contributed by atoms with van der Waals surface area (Å²) in [6.45, 7) is 2.96. The molecule has 13 heavy (non-hydrogen) atoms. The van der Waals surface area contributed by atoms with Gasteiger partial charge >= 0.3 is 0 Å². The molecule has 0 spiro atoms. The van der Waals surface area contributed by atoms with E-state index in [0.29, 0.717) is 5.92 Å². The minimum absolute atomic E-state index is 0.140. The van der Waals surface area contributed by atoms with E-state index < -0.39 is 0 Å². The van der Waals surface area contributed by atoms with Crippen LogP contribution in [0, 0.1) is 5.92 Å². The highest BCUT2D eigenvalue weighted by atomic mass is 16.5. The third kappa shape index (κ3) is 1.86. The first-order valence-electron chi connectivity index (χ1n) is 4.98. The minimum Gasteiger partial charge on any atom is -0.366 e. The summed E-state index contributed by atoms with van der Waals surface area (Å²) in [5.41, 5.74) is 0. The maximum absolute atomic E-state index is 5.65. The third-order valence-electron chi connectivity index (χ3n) is 2.84. The lowest BCUT2D eigenvalue weighted by molar-refractivity contribution is -0.140. The standard InChI is InChI=1S/C9H18N2O2/c1-6-10-8(12-2)7-4-3-5-13-9(7)11-6/h6-11H,3-5H2,1-2H3. The van der Waals surface area contributed by atoms with Crippen LogP contribution in [0.1, 0.15) is 19.8 Å². The summed E-state index contributed by atoms with van der Waals surface area (Å²) in [6.07, 6.45) is 2.90. The molecule has 4 heteroatoms. The molecule has 76 valence electrons. The molecule has 0 aliphatic carbocycles. The Morgan fingerprint density at radius 3 is 3.00 bits per heavy atom. The van der Waals surface area contributed by atoms with Crippen molar-refractivity contribution in [2.75, 3.05) is 13.7 Å². The maximum Gasteiger partial charge on any atom is 0.115 e. The lowest BCUT2D eigenvalue weighted by Crippen LogP contribution is -2.64. The molecule has 2 fully saturated rings. The van der Waals surface area contributed by atoms with Gasteiger partial charge in [-0.25, -0.2) is 0 Å². The molecule has 0 radical (unpaired) electrons. The number of rotatable bonds is 1. The molecule has 0 bridgehead atoms. The van der Waals surface area contributed by atoms with Crippen molar-refractivity contribution in [3.63, 3.8) is 0 Å². The van der Waals surface area contributed by atoms with E-state index in [1.165, 1.54) is 6.42 Å². The minimum atomic E-state index is 0.140. The Kier molecular flexibility index (Phi) is 2.83. The highest BCUT2D eigenvalue weighted by Gasteiger charge is 2.37. The summed E-state index contributed by atoms with van der Waals surface area (Å²) in [5, 5.41) is 6.72. The van der Waals surface area contributed by atoms with Gasteiger partial charge in [0.1, 0.15) is 12.5 Å². The summed E-state index contributed by atoms with van der Waals surface area (Å²) in [6, 6.07) is 0. The lowest BCUT2D eigenvalue weighted by Gasteiger charge is -2.44. The summed E-state index contributed by atoms with van der Waals surface area (Å²) in [7, 11) is 1.75. The van der Waals surface area contributed by atoms with Gasteiger partial charge in [0.15, 0.2) is 0 Å². The fraction of sp³-hybridized carbons (Fsp3) is 1.00. The van der Waals surface area contributed by atoms with Crippen LogP contribution in [-0.4, -0.2) is 32.3 Å². The van der Waals surface area contributed by atoms with Crippen LogP contribution in [0.5, 0.6) is 0 Å². The summed E-state index contributed by atoms with van der Waals surface area (Å²) < 4.78 is 11.1. The number of ether oxygens (including phenoxy) is 2. The highest BCUT2D eigenvalue weighted by Crippen LogP contribution is 2.25. The molecule has 0 aromatic heterocycles. The van der Waals surface area contributed by atoms with Gasteiger partial charge in [0, 0.05) is 19.6 Å². The molecule has 0 aromatic carbocycles. The summed E-state index contributed by atoms with van der Waals surface area (Å²) in [4.78, 5) is 0. The van der Waals surface area contributed by atoms with Gasteiger partial charge in [0.05, 0.1) is 6.17 Å². The Hall–Kier alpha value is -0.160. The van der Waals surface area contributed by atoms with Crippen molar-refractivity contribution in [1.29, 1.82) is 0 Å². The van der Waals surface area contributed by atoms with Crippen LogP contribution >= 0.6 is 0 Å².